The van der Waals surface area contributed by atoms with Crippen LogP contribution in [0.2, 0.25) is 0 Å². The van der Waals surface area contributed by atoms with E-state index in [-0.39, 0.29) is 17.9 Å². The summed E-state index contributed by atoms with van der Waals surface area (Å²) < 4.78 is 5.52. The Bertz CT molecular complexity index is 513. The molecule has 2 rings (SSSR count). The number of esters is 1. The number of nitrogens with one attached hydrogen (secondary N) is 1. The van der Waals surface area contributed by atoms with Gasteiger partial charge in [0.2, 0.25) is 5.91 Å². The molecular weight excluding hydrogens is 359 g/mol. The van der Waals surface area contributed by atoms with Gasteiger partial charge >= 0.3 is 5.97 Å². The van der Waals surface area contributed by atoms with Crippen LogP contribution in [0, 0.1) is 9.49 Å². The molecule has 1 amide bonds. The number of hydrogen-bond acceptors (Lipinski definition) is 4. The predicted octanol–water partition coefficient (Wildman–Crippen LogP) is 1.75. The van der Waals surface area contributed by atoms with Gasteiger partial charge in [0, 0.05) is 15.3 Å². The summed E-state index contributed by atoms with van der Waals surface area (Å²) in [6.45, 7) is 0. The molecule has 0 bridgehead atoms. The molecule has 0 saturated heterocycles. The SMILES string of the molecule is COC(=O)C1CC(Nc2ccc(I)c(C(N)=O)c2)C1. The molecule has 5 nitrogen and oxygen atoms in total. The molecule has 0 heterocycles. The molecule has 0 atom stereocenters. The summed E-state index contributed by atoms with van der Waals surface area (Å²) in [6, 6.07) is 5.74. The maximum atomic E-state index is 11.3. The van der Waals surface area contributed by atoms with Crippen molar-refractivity contribution in [2.75, 3.05) is 12.4 Å². The van der Waals surface area contributed by atoms with Gasteiger partial charge in [-0.25, -0.2) is 0 Å². The van der Waals surface area contributed by atoms with E-state index in [2.05, 4.69) is 27.9 Å². The average Bonchev–Trinajstić information content (AvgIpc) is 2.33. The number of ether oxygens (including phenoxy) is 1. The number of nitrogens with two attached hydrogens (primary N) is 1. The fourth-order valence-corrected chi connectivity index (χ4v) is 2.74. The number of hydrogen-bond donors (Lipinski definition) is 2. The average molecular weight is 374 g/mol. The van der Waals surface area contributed by atoms with E-state index < -0.39 is 5.91 Å². The number of carbonyl (C=O) groups is 2. The van der Waals surface area contributed by atoms with Crippen LogP contribution in [0.15, 0.2) is 18.2 Å². The first kappa shape index (κ1) is 14.1. The molecule has 0 radical (unpaired) electrons. The first-order valence-corrected chi connectivity index (χ1v) is 7.03. The van der Waals surface area contributed by atoms with Crippen molar-refractivity contribution in [1.82, 2.24) is 0 Å². The minimum absolute atomic E-state index is 0.0121. The first-order valence-electron chi connectivity index (χ1n) is 5.95. The van der Waals surface area contributed by atoms with Gasteiger partial charge in [0.05, 0.1) is 18.6 Å². The number of halogens is 1. The Hall–Kier alpha value is -1.31. The second kappa shape index (κ2) is 5.77. The third-order valence-electron chi connectivity index (χ3n) is 3.28. The number of carbonyl (C=O) groups excluding carboxylic acids is 2. The highest BCUT2D eigenvalue weighted by Crippen LogP contribution is 2.31. The van der Waals surface area contributed by atoms with E-state index in [9.17, 15) is 9.59 Å². The van der Waals surface area contributed by atoms with Crippen LogP contribution in [0.1, 0.15) is 23.2 Å². The number of benzene rings is 1. The van der Waals surface area contributed by atoms with Crippen LogP contribution >= 0.6 is 22.6 Å². The van der Waals surface area contributed by atoms with E-state index in [0.717, 1.165) is 22.1 Å². The van der Waals surface area contributed by atoms with Crippen molar-refractivity contribution in [3.63, 3.8) is 0 Å². The van der Waals surface area contributed by atoms with Gasteiger partial charge in [0.1, 0.15) is 0 Å². The van der Waals surface area contributed by atoms with Gasteiger partial charge in [-0.15, -0.1) is 0 Å². The van der Waals surface area contributed by atoms with E-state index in [1.165, 1.54) is 7.11 Å². The van der Waals surface area contributed by atoms with Gasteiger partial charge in [-0.3, -0.25) is 9.59 Å². The summed E-state index contributed by atoms with van der Waals surface area (Å²) in [5, 5.41) is 3.29. The molecule has 6 heteroatoms. The van der Waals surface area contributed by atoms with Crippen LogP contribution in [0.4, 0.5) is 5.69 Å². The molecule has 19 heavy (non-hydrogen) atoms. The summed E-state index contributed by atoms with van der Waals surface area (Å²) in [6.07, 6.45) is 1.51. The van der Waals surface area contributed by atoms with Crippen molar-refractivity contribution >= 4 is 40.2 Å². The lowest BCUT2D eigenvalue weighted by atomic mass is 9.80. The van der Waals surface area contributed by atoms with Crippen LogP contribution in [-0.4, -0.2) is 25.0 Å². The lowest BCUT2D eigenvalue weighted by Crippen LogP contribution is -2.40. The highest BCUT2D eigenvalue weighted by atomic mass is 127. The molecule has 1 aromatic carbocycles. The van der Waals surface area contributed by atoms with Crippen LogP contribution in [0.25, 0.3) is 0 Å². The maximum Gasteiger partial charge on any atom is 0.308 e. The second-order valence-corrected chi connectivity index (χ2v) is 5.75. The van der Waals surface area contributed by atoms with Crippen LogP contribution in [-0.2, 0) is 9.53 Å². The Labute approximate surface area is 125 Å². The largest absolute Gasteiger partial charge is 0.469 e. The Morgan fingerprint density at radius 3 is 2.68 bits per heavy atom. The molecule has 3 N–H and O–H groups in total. The van der Waals surface area contributed by atoms with Gasteiger partial charge in [0.15, 0.2) is 0 Å². The van der Waals surface area contributed by atoms with Crippen LogP contribution < -0.4 is 11.1 Å². The molecule has 1 aliphatic carbocycles. The molecule has 102 valence electrons. The van der Waals surface area contributed by atoms with Gasteiger partial charge in [-0.2, -0.15) is 0 Å². The van der Waals surface area contributed by atoms with Gasteiger partial charge in [-0.05, 0) is 53.6 Å². The van der Waals surface area contributed by atoms with Gasteiger partial charge in [-0.1, -0.05) is 0 Å². The summed E-state index contributed by atoms with van der Waals surface area (Å²) in [4.78, 5) is 22.5. The quantitative estimate of drug-likeness (QED) is 0.622. The fraction of sp³-hybridized carbons (Fsp3) is 0.385. The molecule has 0 aromatic heterocycles. The predicted molar refractivity (Wildman–Crippen MR) is 79.8 cm³/mol. The monoisotopic (exact) mass is 374 g/mol. The number of anilines is 1. The van der Waals surface area contributed by atoms with Gasteiger partial charge in [0.25, 0.3) is 0 Å². The standard InChI is InChI=1S/C13H15IN2O3/c1-19-13(18)7-4-9(5-7)16-8-2-3-11(14)10(6-8)12(15)17/h2-3,6-7,9,16H,4-5H2,1H3,(H2,15,17). The van der Waals surface area contributed by atoms with Crippen molar-refractivity contribution in [2.45, 2.75) is 18.9 Å². The Morgan fingerprint density at radius 2 is 2.11 bits per heavy atom. The third-order valence-corrected chi connectivity index (χ3v) is 4.22. The molecular formula is C13H15IN2O3. The molecule has 1 saturated carbocycles. The number of methoxy groups -OCH3 is 1. The third kappa shape index (κ3) is 3.17. The van der Waals surface area contributed by atoms with Crippen LogP contribution in [0.5, 0.6) is 0 Å². The smallest absolute Gasteiger partial charge is 0.308 e. The zero-order valence-electron chi connectivity index (χ0n) is 10.5. The molecule has 0 unspecified atom stereocenters. The van der Waals surface area contributed by atoms with E-state index >= 15 is 0 Å². The second-order valence-electron chi connectivity index (χ2n) is 4.59. The number of amides is 1. The van der Waals surface area contributed by atoms with E-state index in [4.69, 9.17) is 10.5 Å². The lowest BCUT2D eigenvalue weighted by Gasteiger charge is -2.34. The lowest BCUT2D eigenvalue weighted by molar-refractivity contribution is -0.148. The summed E-state index contributed by atoms with van der Waals surface area (Å²) in [7, 11) is 1.40. The molecule has 1 fully saturated rings. The maximum absolute atomic E-state index is 11.3. The van der Waals surface area contributed by atoms with E-state index in [0.29, 0.717) is 5.56 Å². The summed E-state index contributed by atoms with van der Waals surface area (Å²) in [5.74, 6) is -0.602. The summed E-state index contributed by atoms with van der Waals surface area (Å²) in [5.41, 5.74) is 6.67. The minimum Gasteiger partial charge on any atom is -0.469 e. The number of primary amides is 1. The van der Waals surface area contributed by atoms with E-state index in [1.807, 2.05) is 12.1 Å². The van der Waals surface area contributed by atoms with Crippen molar-refractivity contribution in [3.05, 3.63) is 27.3 Å². The normalized spacial score (nSPS) is 21.4. The zero-order chi connectivity index (χ0) is 14.0. The fourth-order valence-electron chi connectivity index (χ4n) is 2.13. The van der Waals surface area contributed by atoms with Crippen molar-refractivity contribution in [3.8, 4) is 0 Å². The highest BCUT2D eigenvalue weighted by Gasteiger charge is 2.35. The van der Waals surface area contributed by atoms with Crippen molar-refractivity contribution in [1.29, 1.82) is 0 Å². The first-order chi connectivity index (χ1) is 9.01. The zero-order valence-corrected chi connectivity index (χ0v) is 12.6. The Kier molecular flexibility index (Phi) is 4.28. The van der Waals surface area contributed by atoms with Crippen LogP contribution in [0.3, 0.4) is 0 Å². The molecule has 0 aliphatic heterocycles. The molecule has 1 aromatic rings. The highest BCUT2D eigenvalue weighted by molar-refractivity contribution is 14.1. The van der Waals surface area contributed by atoms with Gasteiger partial charge < -0.3 is 15.8 Å². The Balaban J connectivity index is 1.97. The minimum atomic E-state index is -0.436. The molecule has 0 spiro atoms. The summed E-state index contributed by atoms with van der Waals surface area (Å²) >= 11 is 2.08. The van der Waals surface area contributed by atoms with Crippen molar-refractivity contribution in [2.24, 2.45) is 11.7 Å². The Morgan fingerprint density at radius 1 is 1.42 bits per heavy atom. The van der Waals surface area contributed by atoms with E-state index in [1.54, 1.807) is 6.07 Å². The topological polar surface area (TPSA) is 81.4 Å². The van der Waals surface area contributed by atoms with Crippen molar-refractivity contribution < 1.29 is 14.3 Å². The number of rotatable bonds is 4. The molecule has 1 aliphatic rings.